The van der Waals surface area contributed by atoms with Crippen molar-refractivity contribution < 1.29 is 18.7 Å². The molecule has 1 N–H and O–H groups in total. The summed E-state index contributed by atoms with van der Waals surface area (Å²) in [5.74, 6) is -1.08. The van der Waals surface area contributed by atoms with E-state index in [4.69, 9.17) is 8.83 Å². The molecule has 0 unspecified atom stereocenters. The second-order valence-electron chi connectivity index (χ2n) is 8.85. The van der Waals surface area contributed by atoms with Crippen molar-refractivity contribution in [1.29, 1.82) is 0 Å². The van der Waals surface area contributed by atoms with Gasteiger partial charge in [0.2, 0.25) is 5.36 Å². The SMILES string of the molecule is CC[N+](CC)=c1ccc2c(c1)oc(=O)c1c(-c3ccccc3C(=O)O)c3ccc(N(C)C)cc3oc12. The third-order valence-corrected chi connectivity index (χ3v) is 6.61. The van der Waals surface area contributed by atoms with Crippen LogP contribution < -0.4 is 20.5 Å². The van der Waals surface area contributed by atoms with Gasteiger partial charge in [-0.2, -0.15) is 0 Å². The Morgan fingerprint density at radius 2 is 1.61 bits per heavy atom. The second-order valence-corrected chi connectivity index (χ2v) is 8.85. The molecule has 0 bridgehead atoms. The number of hydrogen-bond donors (Lipinski definition) is 1. The van der Waals surface area contributed by atoms with Gasteiger partial charge in [-0.05, 0) is 43.7 Å². The number of rotatable bonds is 5. The van der Waals surface area contributed by atoms with Gasteiger partial charge in [-0.25, -0.2) is 14.2 Å². The monoisotopic (exact) mass is 483 g/mol. The molecule has 36 heavy (non-hydrogen) atoms. The Morgan fingerprint density at radius 3 is 2.31 bits per heavy atom. The first-order valence-corrected chi connectivity index (χ1v) is 11.9. The van der Waals surface area contributed by atoms with Gasteiger partial charge in [0.25, 0.3) is 0 Å². The van der Waals surface area contributed by atoms with Crippen LogP contribution in [0.4, 0.5) is 5.69 Å². The maximum absolute atomic E-state index is 13.5. The van der Waals surface area contributed by atoms with Gasteiger partial charge in [0.15, 0.2) is 5.58 Å². The predicted octanol–water partition coefficient (Wildman–Crippen LogP) is 4.94. The fourth-order valence-electron chi connectivity index (χ4n) is 4.76. The molecule has 2 heterocycles. The average Bonchev–Trinajstić information content (AvgIpc) is 2.87. The second kappa shape index (κ2) is 9.00. The van der Waals surface area contributed by atoms with Crippen LogP contribution in [0.5, 0.6) is 0 Å². The predicted molar refractivity (Wildman–Crippen MR) is 143 cm³/mol. The minimum absolute atomic E-state index is 0.0966. The molecule has 0 aliphatic rings. The molecule has 0 saturated carbocycles. The summed E-state index contributed by atoms with van der Waals surface area (Å²) in [7, 11) is 3.86. The Balaban J connectivity index is 2.02. The van der Waals surface area contributed by atoms with Crippen molar-refractivity contribution in [3.05, 3.63) is 82.0 Å². The van der Waals surface area contributed by atoms with Crippen LogP contribution >= 0.6 is 0 Å². The standard InChI is InChI=1S/C29H26N2O5/c1-5-31(6-2)18-12-14-22-24(16-18)36-29(34)26-25(19-9-7-8-10-20(19)28(32)33)21-13-11-17(30(3)4)15-23(21)35-27(22)26/h7-16H,5-6H2,1-4H3/p+1. The van der Waals surface area contributed by atoms with Gasteiger partial charge < -0.3 is 18.8 Å². The Kier molecular flexibility index (Phi) is 5.84. The Bertz CT molecular complexity index is 1790. The highest BCUT2D eigenvalue weighted by Crippen LogP contribution is 2.39. The van der Waals surface area contributed by atoms with Crippen molar-refractivity contribution in [3.63, 3.8) is 0 Å². The number of carboxylic acid groups (broad SMARTS) is 1. The van der Waals surface area contributed by atoms with Gasteiger partial charge in [-0.15, -0.1) is 0 Å². The van der Waals surface area contributed by atoms with Crippen LogP contribution in [0.1, 0.15) is 24.2 Å². The quantitative estimate of drug-likeness (QED) is 0.165. The molecular formula is C29H27N2O5+. The van der Waals surface area contributed by atoms with Crippen LogP contribution in [-0.4, -0.2) is 38.3 Å². The van der Waals surface area contributed by atoms with Crippen molar-refractivity contribution in [2.75, 3.05) is 32.1 Å². The first kappa shape index (κ1) is 23.4. The van der Waals surface area contributed by atoms with Crippen LogP contribution in [0.3, 0.4) is 0 Å². The lowest BCUT2D eigenvalue weighted by atomic mass is 9.93. The molecule has 3 aromatic carbocycles. The van der Waals surface area contributed by atoms with Gasteiger partial charge in [0, 0.05) is 42.9 Å². The van der Waals surface area contributed by atoms with Gasteiger partial charge >= 0.3 is 11.6 Å². The third-order valence-electron chi connectivity index (χ3n) is 6.61. The number of carboxylic acids is 1. The molecule has 0 fully saturated rings. The smallest absolute Gasteiger partial charge is 0.348 e. The van der Waals surface area contributed by atoms with Gasteiger partial charge in [0.05, 0.1) is 17.0 Å². The molecule has 0 amide bonds. The molecule has 182 valence electrons. The molecule has 0 atom stereocenters. The summed E-state index contributed by atoms with van der Waals surface area (Å²) >= 11 is 0. The molecule has 7 nitrogen and oxygen atoms in total. The number of carbonyl (C=O) groups is 1. The van der Waals surface area contributed by atoms with Crippen LogP contribution in [-0.2, 0) is 0 Å². The van der Waals surface area contributed by atoms with E-state index < -0.39 is 11.6 Å². The zero-order chi connectivity index (χ0) is 25.6. The summed E-state index contributed by atoms with van der Waals surface area (Å²) in [6.07, 6.45) is 0. The van der Waals surface area contributed by atoms with E-state index in [1.165, 1.54) is 6.07 Å². The Morgan fingerprint density at radius 1 is 0.917 bits per heavy atom. The van der Waals surface area contributed by atoms with Crippen molar-refractivity contribution >= 4 is 44.6 Å². The number of aromatic carboxylic acids is 1. The van der Waals surface area contributed by atoms with Crippen LogP contribution in [0.2, 0.25) is 0 Å². The zero-order valence-corrected chi connectivity index (χ0v) is 20.7. The van der Waals surface area contributed by atoms with Crippen LogP contribution in [0.15, 0.2) is 74.3 Å². The first-order chi connectivity index (χ1) is 17.3. The van der Waals surface area contributed by atoms with E-state index in [-0.39, 0.29) is 10.9 Å². The zero-order valence-electron chi connectivity index (χ0n) is 20.7. The lowest BCUT2D eigenvalue weighted by Crippen LogP contribution is -2.29. The molecule has 0 aliphatic carbocycles. The maximum atomic E-state index is 13.5. The highest BCUT2D eigenvalue weighted by Gasteiger charge is 2.23. The molecule has 0 radical (unpaired) electrons. The molecular weight excluding hydrogens is 456 g/mol. The van der Waals surface area contributed by atoms with Crippen molar-refractivity contribution in [1.82, 2.24) is 4.58 Å². The Labute approximate surface area is 207 Å². The third kappa shape index (κ3) is 3.73. The summed E-state index contributed by atoms with van der Waals surface area (Å²) in [4.78, 5) is 27.6. The molecule has 0 aliphatic heterocycles. The Hall–Kier alpha value is -4.39. The van der Waals surface area contributed by atoms with E-state index in [0.29, 0.717) is 38.6 Å². The van der Waals surface area contributed by atoms with Gasteiger partial charge in [-0.1, -0.05) is 18.2 Å². The van der Waals surface area contributed by atoms with Crippen LogP contribution in [0.25, 0.3) is 44.0 Å². The normalized spacial score (nSPS) is 11.3. The summed E-state index contributed by atoms with van der Waals surface area (Å²) in [6.45, 7) is 5.77. The van der Waals surface area contributed by atoms with E-state index >= 15 is 0 Å². The summed E-state index contributed by atoms with van der Waals surface area (Å²) in [6, 6.07) is 18.1. The van der Waals surface area contributed by atoms with E-state index in [2.05, 4.69) is 18.4 Å². The highest BCUT2D eigenvalue weighted by molar-refractivity contribution is 6.16. The van der Waals surface area contributed by atoms with Gasteiger partial charge in [0.1, 0.15) is 29.6 Å². The lowest BCUT2D eigenvalue weighted by Gasteiger charge is -2.16. The van der Waals surface area contributed by atoms with Crippen molar-refractivity contribution in [2.45, 2.75) is 13.8 Å². The average molecular weight is 484 g/mol. The largest absolute Gasteiger partial charge is 0.478 e. The number of nitrogens with zero attached hydrogens (tertiary/aromatic N) is 2. The first-order valence-electron chi connectivity index (χ1n) is 11.9. The summed E-state index contributed by atoms with van der Waals surface area (Å²) in [5, 5.41) is 12.4. The van der Waals surface area contributed by atoms with Crippen molar-refractivity contribution in [3.8, 4) is 11.1 Å². The summed E-state index contributed by atoms with van der Waals surface area (Å²) in [5.41, 5.74) is 2.68. The van der Waals surface area contributed by atoms with Crippen LogP contribution in [0, 0.1) is 0 Å². The molecule has 7 heteroatoms. The van der Waals surface area contributed by atoms with E-state index in [1.807, 2.05) is 55.4 Å². The van der Waals surface area contributed by atoms with Crippen molar-refractivity contribution in [2.24, 2.45) is 0 Å². The molecule has 5 rings (SSSR count). The topological polar surface area (TPSA) is 86.9 Å². The fraction of sp³-hybridized carbons (Fsp3) is 0.207. The number of fused-ring (bicyclic) bond motifs is 4. The van der Waals surface area contributed by atoms with E-state index in [1.54, 1.807) is 18.2 Å². The molecule has 5 aromatic rings. The minimum Gasteiger partial charge on any atom is -0.478 e. The number of anilines is 1. The lowest BCUT2D eigenvalue weighted by molar-refractivity contribution is 0.0697. The van der Waals surface area contributed by atoms with E-state index in [9.17, 15) is 14.7 Å². The summed E-state index contributed by atoms with van der Waals surface area (Å²) < 4.78 is 14.4. The maximum Gasteiger partial charge on any atom is 0.348 e. The van der Waals surface area contributed by atoms with E-state index in [0.717, 1.165) is 24.1 Å². The van der Waals surface area contributed by atoms with Gasteiger partial charge in [-0.3, -0.25) is 0 Å². The fourth-order valence-corrected chi connectivity index (χ4v) is 4.76. The molecule has 2 aromatic heterocycles. The molecule has 0 spiro atoms. The molecule has 0 saturated heterocycles. The number of benzene rings is 3. The number of hydrogen-bond acceptors (Lipinski definition) is 5. The minimum atomic E-state index is -1.08. The highest BCUT2D eigenvalue weighted by atomic mass is 16.4.